The lowest BCUT2D eigenvalue weighted by atomic mass is 10.0. The second-order valence-corrected chi connectivity index (χ2v) is 4.00. The Morgan fingerprint density at radius 1 is 1.53 bits per heavy atom. The van der Waals surface area contributed by atoms with Crippen LogP contribution in [0, 0.1) is 11.7 Å². The first-order valence-corrected chi connectivity index (χ1v) is 5.48. The molecule has 1 aliphatic rings. The predicted molar refractivity (Wildman–Crippen MR) is 64.2 cm³/mol. The average molecular weight is 235 g/mol. The van der Waals surface area contributed by atoms with Crippen molar-refractivity contribution in [2.24, 2.45) is 16.8 Å². The van der Waals surface area contributed by atoms with Gasteiger partial charge in [0, 0.05) is 5.71 Å². The molecule has 90 valence electrons. The molecule has 0 radical (unpaired) electrons. The normalized spacial score (nSPS) is 19.7. The molecule has 5 heteroatoms. The van der Waals surface area contributed by atoms with Crippen molar-refractivity contribution in [3.05, 3.63) is 30.1 Å². The molecule has 0 saturated carbocycles. The highest BCUT2D eigenvalue weighted by Gasteiger charge is 2.33. The molecular weight excluding hydrogens is 221 g/mol. The highest BCUT2D eigenvalue weighted by atomic mass is 19.1. The fourth-order valence-electron chi connectivity index (χ4n) is 1.89. The summed E-state index contributed by atoms with van der Waals surface area (Å²) in [4.78, 5) is 12.1. The first kappa shape index (κ1) is 11.7. The summed E-state index contributed by atoms with van der Waals surface area (Å²) in [5.74, 6) is -0.799. The summed E-state index contributed by atoms with van der Waals surface area (Å²) in [6.07, 6.45) is 0.569. The third-order valence-electron chi connectivity index (χ3n) is 2.78. The van der Waals surface area contributed by atoms with Gasteiger partial charge in [0.15, 0.2) is 0 Å². The number of nitrogens with two attached hydrogens (primary N) is 1. The van der Waals surface area contributed by atoms with Crippen LogP contribution in [-0.2, 0) is 4.79 Å². The summed E-state index contributed by atoms with van der Waals surface area (Å²) in [7, 11) is 0. The van der Waals surface area contributed by atoms with Crippen molar-refractivity contribution < 1.29 is 9.18 Å². The Labute approximate surface area is 98.9 Å². The van der Waals surface area contributed by atoms with Crippen molar-refractivity contribution in [3.8, 4) is 0 Å². The minimum Gasteiger partial charge on any atom is -0.330 e. The van der Waals surface area contributed by atoms with Crippen molar-refractivity contribution in [1.29, 1.82) is 0 Å². The zero-order chi connectivity index (χ0) is 12.4. The molecule has 2 N–H and O–H groups in total. The zero-order valence-corrected chi connectivity index (χ0v) is 9.56. The van der Waals surface area contributed by atoms with Crippen LogP contribution in [0.15, 0.2) is 29.4 Å². The van der Waals surface area contributed by atoms with E-state index >= 15 is 0 Å². The summed E-state index contributed by atoms with van der Waals surface area (Å²) >= 11 is 0. The van der Waals surface area contributed by atoms with Gasteiger partial charge in [0.25, 0.3) is 5.91 Å². The van der Waals surface area contributed by atoms with Gasteiger partial charge >= 0.3 is 0 Å². The molecule has 0 spiro atoms. The van der Waals surface area contributed by atoms with E-state index in [1.807, 2.05) is 0 Å². The third kappa shape index (κ3) is 2.19. The topological polar surface area (TPSA) is 58.7 Å². The summed E-state index contributed by atoms with van der Waals surface area (Å²) in [5, 5.41) is 5.41. The highest BCUT2D eigenvalue weighted by Crippen LogP contribution is 2.25. The number of hydrazone groups is 1. The standard InChI is InChI=1S/C12H14FN3O/c1-8-11(5-6-14)12(17)16(15-8)10-4-2-3-9(13)7-10/h2-4,7,11H,5-6,14H2,1H3. The molecule has 0 bridgehead atoms. The van der Waals surface area contributed by atoms with E-state index in [4.69, 9.17) is 5.73 Å². The molecule has 1 aromatic carbocycles. The van der Waals surface area contributed by atoms with E-state index in [-0.39, 0.29) is 17.6 Å². The van der Waals surface area contributed by atoms with Crippen LogP contribution >= 0.6 is 0 Å². The van der Waals surface area contributed by atoms with Crippen molar-refractivity contribution >= 4 is 17.3 Å². The maximum Gasteiger partial charge on any atom is 0.256 e. The lowest BCUT2D eigenvalue weighted by Crippen LogP contribution is -2.28. The fraction of sp³-hybridized carbons (Fsp3) is 0.333. The molecule has 0 fully saturated rings. The lowest BCUT2D eigenvalue weighted by Gasteiger charge is -2.13. The fourth-order valence-corrected chi connectivity index (χ4v) is 1.89. The molecule has 1 atom stereocenters. The Kier molecular flexibility index (Phi) is 3.19. The molecule has 1 unspecified atom stereocenters. The molecule has 0 aromatic heterocycles. The number of halogens is 1. The summed E-state index contributed by atoms with van der Waals surface area (Å²) in [5.41, 5.74) is 6.63. The van der Waals surface area contributed by atoms with Gasteiger partial charge in [0.2, 0.25) is 0 Å². The SMILES string of the molecule is CC1=NN(c2cccc(F)c2)C(=O)C1CCN. The van der Waals surface area contributed by atoms with Gasteiger partial charge in [-0.2, -0.15) is 5.10 Å². The molecular formula is C12H14FN3O. The van der Waals surface area contributed by atoms with E-state index in [9.17, 15) is 9.18 Å². The number of benzene rings is 1. The largest absolute Gasteiger partial charge is 0.330 e. The molecule has 0 saturated heterocycles. The molecule has 2 rings (SSSR count). The number of hydrogen-bond donors (Lipinski definition) is 1. The Bertz CT molecular complexity index is 473. The van der Waals surface area contributed by atoms with Gasteiger partial charge in [-0.15, -0.1) is 0 Å². The Hall–Kier alpha value is -1.75. The van der Waals surface area contributed by atoms with Crippen LogP contribution in [0.3, 0.4) is 0 Å². The lowest BCUT2D eigenvalue weighted by molar-refractivity contribution is -0.119. The second kappa shape index (κ2) is 4.63. The first-order valence-electron chi connectivity index (χ1n) is 5.48. The van der Waals surface area contributed by atoms with E-state index < -0.39 is 0 Å². The average Bonchev–Trinajstić information content (AvgIpc) is 2.57. The number of carbonyl (C=O) groups excluding carboxylic acids is 1. The quantitative estimate of drug-likeness (QED) is 0.863. The van der Waals surface area contributed by atoms with Gasteiger partial charge in [0.1, 0.15) is 5.82 Å². The van der Waals surface area contributed by atoms with E-state index in [1.165, 1.54) is 17.1 Å². The Balaban J connectivity index is 2.27. The van der Waals surface area contributed by atoms with Crippen molar-refractivity contribution in [1.82, 2.24) is 0 Å². The first-order chi connectivity index (χ1) is 8.13. The minimum absolute atomic E-state index is 0.140. The van der Waals surface area contributed by atoms with Crippen molar-refractivity contribution in [2.75, 3.05) is 11.6 Å². The van der Waals surface area contributed by atoms with Crippen LogP contribution < -0.4 is 10.7 Å². The van der Waals surface area contributed by atoms with Crippen molar-refractivity contribution in [3.63, 3.8) is 0 Å². The van der Waals surface area contributed by atoms with E-state index in [2.05, 4.69) is 5.10 Å². The van der Waals surface area contributed by atoms with Crippen LogP contribution in [0.4, 0.5) is 10.1 Å². The van der Waals surface area contributed by atoms with Gasteiger partial charge in [-0.1, -0.05) is 6.07 Å². The van der Waals surface area contributed by atoms with Gasteiger partial charge in [-0.3, -0.25) is 4.79 Å². The zero-order valence-electron chi connectivity index (χ0n) is 9.56. The van der Waals surface area contributed by atoms with Crippen LogP contribution in [0.5, 0.6) is 0 Å². The summed E-state index contributed by atoms with van der Waals surface area (Å²) in [6, 6.07) is 5.83. The maximum absolute atomic E-state index is 13.1. The second-order valence-electron chi connectivity index (χ2n) is 4.00. The predicted octanol–water partition coefficient (Wildman–Crippen LogP) is 1.51. The number of carbonyl (C=O) groups is 1. The van der Waals surface area contributed by atoms with Crippen molar-refractivity contribution in [2.45, 2.75) is 13.3 Å². The van der Waals surface area contributed by atoms with Gasteiger partial charge in [-0.25, -0.2) is 9.40 Å². The summed E-state index contributed by atoms with van der Waals surface area (Å²) in [6.45, 7) is 2.22. The highest BCUT2D eigenvalue weighted by molar-refractivity contribution is 6.14. The number of anilines is 1. The number of nitrogens with zero attached hydrogens (tertiary/aromatic N) is 2. The molecule has 4 nitrogen and oxygen atoms in total. The Morgan fingerprint density at radius 2 is 2.29 bits per heavy atom. The number of rotatable bonds is 3. The Morgan fingerprint density at radius 3 is 2.94 bits per heavy atom. The molecule has 17 heavy (non-hydrogen) atoms. The van der Waals surface area contributed by atoms with E-state index in [0.29, 0.717) is 18.7 Å². The van der Waals surface area contributed by atoms with Crippen LogP contribution in [0.1, 0.15) is 13.3 Å². The molecule has 0 aliphatic carbocycles. The van der Waals surface area contributed by atoms with Gasteiger partial charge < -0.3 is 5.73 Å². The van der Waals surface area contributed by atoms with Crippen LogP contribution in [0.2, 0.25) is 0 Å². The van der Waals surface area contributed by atoms with Crippen LogP contribution in [-0.4, -0.2) is 18.2 Å². The number of hydrogen-bond acceptors (Lipinski definition) is 3. The maximum atomic E-state index is 13.1. The van der Waals surface area contributed by atoms with Gasteiger partial charge in [-0.05, 0) is 38.1 Å². The minimum atomic E-state index is -0.384. The molecule has 1 amide bonds. The van der Waals surface area contributed by atoms with E-state index in [0.717, 1.165) is 5.71 Å². The summed E-state index contributed by atoms with van der Waals surface area (Å²) < 4.78 is 13.1. The molecule has 1 aromatic rings. The molecule has 1 aliphatic heterocycles. The smallest absolute Gasteiger partial charge is 0.256 e. The monoisotopic (exact) mass is 235 g/mol. The third-order valence-corrected chi connectivity index (χ3v) is 2.78. The van der Waals surface area contributed by atoms with Crippen LogP contribution in [0.25, 0.3) is 0 Å². The number of amides is 1. The van der Waals surface area contributed by atoms with E-state index in [1.54, 1.807) is 19.1 Å². The molecule has 1 heterocycles. The van der Waals surface area contributed by atoms with Gasteiger partial charge in [0.05, 0.1) is 11.6 Å².